The Balaban J connectivity index is 1.68. The first kappa shape index (κ1) is 17.0. The predicted molar refractivity (Wildman–Crippen MR) is 106 cm³/mol. The van der Waals surface area contributed by atoms with Gasteiger partial charge in [0.05, 0.1) is 12.3 Å². The first-order valence-corrected chi connectivity index (χ1v) is 9.34. The van der Waals surface area contributed by atoms with Crippen molar-refractivity contribution in [1.82, 2.24) is 10.4 Å². The van der Waals surface area contributed by atoms with E-state index in [1.165, 1.54) is 16.8 Å². The zero-order valence-corrected chi connectivity index (χ0v) is 15.6. The van der Waals surface area contributed by atoms with Crippen LogP contribution < -0.4 is 5.43 Å². The summed E-state index contributed by atoms with van der Waals surface area (Å²) in [5, 5.41) is 0.897. The van der Waals surface area contributed by atoms with E-state index in [4.69, 9.17) is 16.6 Å². The normalized spacial score (nSPS) is 23.8. The molecule has 0 amide bonds. The van der Waals surface area contributed by atoms with Crippen LogP contribution in [0.25, 0.3) is 0 Å². The van der Waals surface area contributed by atoms with Gasteiger partial charge in [0.25, 0.3) is 0 Å². The van der Waals surface area contributed by atoms with Crippen LogP contribution in [0.1, 0.15) is 24.8 Å². The molecule has 0 aromatic carbocycles. The molecule has 2 aliphatic carbocycles. The Kier molecular flexibility index (Phi) is 4.85. The largest absolute Gasteiger partial charge is 0.265 e. The zero-order chi connectivity index (χ0) is 17.9. The molecule has 3 aliphatic rings. The summed E-state index contributed by atoms with van der Waals surface area (Å²) in [4.78, 5) is 9.02. The summed E-state index contributed by atoms with van der Waals surface area (Å²) in [5.74, 6) is 1.29. The van der Waals surface area contributed by atoms with Crippen molar-refractivity contribution in [2.75, 3.05) is 7.05 Å². The molecule has 1 unspecified atom stereocenters. The van der Waals surface area contributed by atoms with Crippen molar-refractivity contribution in [3.63, 3.8) is 0 Å². The number of hydrogen-bond donors (Lipinski definition) is 1. The number of rotatable bonds is 3. The molecule has 0 fully saturated rings. The summed E-state index contributed by atoms with van der Waals surface area (Å²) >= 11 is 6.07. The molecule has 4 rings (SSSR count). The number of nitrogens with one attached hydrogen (secondary N) is 1. The second-order valence-corrected chi connectivity index (χ2v) is 7.25. The van der Waals surface area contributed by atoms with Crippen molar-refractivity contribution in [2.45, 2.75) is 25.7 Å². The number of aromatic nitrogens is 1. The Labute approximate surface area is 159 Å². The highest BCUT2D eigenvalue weighted by Crippen LogP contribution is 2.29. The number of aliphatic imine (C=N–C) groups is 1. The molecular weight excluding hydrogens is 344 g/mol. The van der Waals surface area contributed by atoms with Crippen LogP contribution in [0.3, 0.4) is 0 Å². The van der Waals surface area contributed by atoms with Crippen LogP contribution in [0.4, 0.5) is 0 Å². The number of fused-ring (bicyclic) bond motifs is 1. The lowest BCUT2D eigenvalue weighted by molar-refractivity contribution is -0.546. The molecule has 0 radical (unpaired) electrons. The van der Waals surface area contributed by atoms with Gasteiger partial charge in [-0.3, -0.25) is 4.98 Å². The first-order valence-electron chi connectivity index (χ1n) is 8.97. The molecule has 4 nitrogen and oxygen atoms in total. The van der Waals surface area contributed by atoms with E-state index in [0.717, 1.165) is 42.2 Å². The highest BCUT2D eigenvalue weighted by atomic mass is 35.5. The molecular formula is C21H22ClN4+. The number of allylic oxidation sites excluding steroid dienone is 7. The molecule has 0 saturated heterocycles. The number of amidine groups is 1. The third kappa shape index (κ3) is 3.56. The fourth-order valence-electron chi connectivity index (χ4n) is 3.60. The molecule has 1 aromatic rings. The van der Waals surface area contributed by atoms with Crippen LogP contribution in [0, 0.1) is 5.92 Å². The molecule has 2 heterocycles. The van der Waals surface area contributed by atoms with Gasteiger partial charge in [-0.2, -0.15) is 0 Å². The Hall–Kier alpha value is -2.46. The van der Waals surface area contributed by atoms with Gasteiger partial charge in [0.1, 0.15) is 0 Å². The number of halogens is 1. The summed E-state index contributed by atoms with van der Waals surface area (Å²) in [7, 11) is 2.08. The second kappa shape index (κ2) is 7.42. The van der Waals surface area contributed by atoms with Crippen molar-refractivity contribution >= 4 is 23.1 Å². The molecule has 1 atom stereocenters. The zero-order valence-electron chi connectivity index (χ0n) is 14.8. The minimum atomic E-state index is 0.349. The van der Waals surface area contributed by atoms with Crippen LogP contribution in [-0.2, 0) is 6.42 Å². The van der Waals surface area contributed by atoms with Gasteiger partial charge >= 0.3 is 0 Å². The maximum Gasteiger partial charge on any atom is 0.194 e. The lowest BCUT2D eigenvalue weighted by Gasteiger charge is -2.27. The fraction of sp³-hybridized carbons (Fsp3) is 0.286. The highest BCUT2D eigenvalue weighted by Gasteiger charge is 2.36. The first-order chi connectivity index (χ1) is 12.7. The Morgan fingerprint density at radius 2 is 2.08 bits per heavy atom. The smallest absolute Gasteiger partial charge is 0.194 e. The Bertz CT molecular complexity index is 888. The molecule has 0 spiro atoms. The van der Waals surface area contributed by atoms with Crippen molar-refractivity contribution < 1.29 is 4.68 Å². The predicted octanol–water partition coefficient (Wildman–Crippen LogP) is 3.93. The summed E-state index contributed by atoms with van der Waals surface area (Å²) in [6.45, 7) is 0. The topological polar surface area (TPSA) is 40.3 Å². The average Bonchev–Trinajstić information content (AvgIpc) is 2.67. The number of pyridine rings is 1. The molecule has 1 aromatic heterocycles. The van der Waals surface area contributed by atoms with Crippen molar-refractivity contribution in [2.24, 2.45) is 10.9 Å². The Morgan fingerprint density at radius 1 is 1.23 bits per heavy atom. The van der Waals surface area contributed by atoms with Gasteiger partial charge < -0.3 is 0 Å². The summed E-state index contributed by atoms with van der Waals surface area (Å²) in [5.41, 5.74) is 8.43. The minimum absolute atomic E-state index is 0.349. The number of hydrogen-bond acceptors (Lipinski definition) is 2. The van der Waals surface area contributed by atoms with E-state index in [0.29, 0.717) is 5.92 Å². The molecule has 5 heteroatoms. The number of hydrazine groups is 1. The molecule has 0 saturated carbocycles. The lowest BCUT2D eigenvalue weighted by atomic mass is 9.83. The van der Waals surface area contributed by atoms with Gasteiger partial charge in [0.2, 0.25) is 0 Å². The quantitative estimate of drug-likeness (QED) is 0.824. The van der Waals surface area contributed by atoms with E-state index in [1.54, 1.807) is 0 Å². The third-order valence-electron chi connectivity index (χ3n) is 5.01. The third-order valence-corrected chi connectivity index (χ3v) is 5.32. The molecule has 132 valence electrons. The van der Waals surface area contributed by atoms with Crippen molar-refractivity contribution in [1.29, 1.82) is 0 Å². The van der Waals surface area contributed by atoms with Gasteiger partial charge in [-0.15, -0.1) is 10.1 Å². The van der Waals surface area contributed by atoms with E-state index in [9.17, 15) is 0 Å². The van der Waals surface area contributed by atoms with Gasteiger partial charge in [-0.05, 0) is 49.1 Å². The Morgan fingerprint density at radius 3 is 2.85 bits per heavy atom. The maximum atomic E-state index is 6.07. The summed E-state index contributed by atoms with van der Waals surface area (Å²) in [6, 6.07) is 4.16. The van der Waals surface area contributed by atoms with Crippen LogP contribution in [0.5, 0.6) is 0 Å². The molecule has 1 aliphatic heterocycles. The van der Waals surface area contributed by atoms with E-state index in [-0.39, 0.29) is 0 Å². The van der Waals surface area contributed by atoms with Crippen LogP contribution in [-0.4, -0.2) is 28.3 Å². The fourth-order valence-corrected chi connectivity index (χ4v) is 3.75. The van der Waals surface area contributed by atoms with Gasteiger partial charge in [-0.25, -0.2) is 4.99 Å². The monoisotopic (exact) mass is 365 g/mol. The van der Waals surface area contributed by atoms with Crippen molar-refractivity contribution in [3.05, 3.63) is 76.8 Å². The summed E-state index contributed by atoms with van der Waals surface area (Å²) in [6.07, 6.45) is 17.9. The molecule has 0 bridgehead atoms. The SMILES string of the molecule is C[N+]1=C(Cc2ccncc2)C2CC=CC=C2C(=NC2=CC=C(Cl)CC2)N1. The average molecular weight is 366 g/mol. The van der Waals surface area contributed by atoms with Gasteiger partial charge in [0, 0.05) is 28.7 Å². The van der Waals surface area contributed by atoms with Crippen LogP contribution >= 0.6 is 11.6 Å². The minimum Gasteiger partial charge on any atom is -0.265 e. The number of hydrazone groups is 1. The van der Waals surface area contributed by atoms with Gasteiger partial charge in [0.15, 0.2) is 18.6 Å². The van der Waals surface area contributed by atoms with Gasteiger partial charge in [-0.1, -0.05) is 29.8 Å². The van der Waals surface area contributed by atoms with E-state index in [1.807, 2.05) is 24.5 Å². The lowest BCUT2D eigenvalue weighted by Crippen LogP contribution is -2.48. The van der Waals surface area contributed by atoms with Crippen LogP contribution in [0.2, 0.25) is 0 Å². The molecule has 26 heavy (non-hydrogen) atoms. The maximum absolute atomic E-state index is 6.07. The molecule has 1 N–H and O–H groups in total. The standard InChI is InChI=1S/C21H22ClN4/c1-26-20(14-15-10-12-23-13-11-15)18-4-2-3-5-19(18)21(25-26)24-17-8-6-16(22)7-9-17/h2-3,5-6,8,10-13,18H,4,7,9,14H2,1H3,(H,24,25)/q+1. The highest BCUT2D eigenvalue weighted by molar-refractivity contribution is 6.29. The van der Waals surface area contributed by atoms with Crippen molar-refractivity contribution in [3.8, 4) is 0 Å². The second-order valence-electron chi connectivity index (χ2n) is 6.76. The van der Waals surface area contributed by atoms with E-state index < -0.39 is 0 Å². The van der Waals surface area contributed by atoms with Crippen LogP contribution in [0.15, 0.2) is 76.2 Å². The van der Waals surface area contributed by atoms with E-state index >= 15 is 0 Å². The summed E-state index contributed by atoms with van der Waals surface area (Å²) < 4.78 is 2.13. The number of nitrogens with zero attached hydrogens (tertiary/aromatic N) is 3. The van der Waals surface area contributed by atoms with E-state index in [2.05, 4.69) is 52.5 Å².